The summed E-state index contributed by atoms with van der Waals surface area (Å²) in [7, 11) is 0. The third kappa shape index (κ3) is 2.03. The Kier molecular flexibility index (Phi) is 2.87. The first-order valence-corrected chi connectivity index (χ1v) is 6.83. The minimum Gasteiger partial charge on any atom is -0.506 e. The molecule has 0 aliphatic carbocycles. The Hall–Kier alpha value is -1.69. The molecule has 0 spiro atoms. The molecule has 1 aromatic heterocycles. The van der Waals surface area contributed by atoms with Gasteiger partial charge in [0, 0.05) is 5.56 Å². The standard InChI is InChI=1S/C12H13N3O2S/c13-8-4-3-7(6-9(8)16)12-14-11(15-17-12)10-2-1-5-18-10/h3-4,6,10,16H,1-2,5,13H2. The third-order valence-corrected chi connectivity index (χ3v) is 4.31. The molecule has 3 N–H and O–H groups in total. The van der Waals surface area contributed by atoms with Crippen LogP contribution in [0, 0.1) is 0 Å². The molecular weight excluding hydrogens is 250 g/mol. The highest BCUT2D eigenvalue weighted by atomic mass is 32.2. The van der Waals surface area contributed by atoms with Gasteiger partial charge < -0.3 is 15.4 Å². The lowest BCUT2D eigenvalue weighted by atomic mass is 10.2. The van der Waals surface area contributed by atoms with E-state index in [1.807, 2.05) is 11.8 Å². The zero-order valence-electron chi connectivity index (χ0n) is 9.67. The molecule has 3 rings (SSSR count). The van der Waals surface area contributed by atoms with Crippen LogP contribution in [0.4, 0.5) is 5.69 Å². The Morgan fingerprint density at radius 2 is 2.33 bits per heavy atom. The summed E-state index contributed by atoms with van der Waals surface area (Å²) >= 11 is 1.86. The molecule has 1 aliphatic heterocycles. The first-order chi connectivity index (χ1) is 8.74. The van der Waals surface area contributed by atoms with E-state index in [1.54, 1.807) is 12.1 Å². The van der Waals surface area contributed by atoms with E-state index in [2.05, 4.69) is 10.1 Å². The molecule has 0 saturated carbocycles. The minimum absolute atomic E-state index is 0.0301. The Bertz CT molecular complexity index is 564. The Morgan fingerprint density at radius 3 is 3.06 bits per heavy atom. The van der Waals surface area contributed by atoms with Gasteiger partial charge in [-0.15, -0.1) is 0 Å². The zero-order valence-corrected chi connectivity index (χ0v) is 10.5. The van der Waals surface area contributed by atoms with Gasteiger partial charge in [0.15, 0.2) is 5.82 Å². The summed E-state index contributed by atoms with van der Waals surface area (Å²) in [6.45, 7) is 0. The first-order valence-electron chi connectivity index (χ1n) is 5.78. The van der Waals surface area contributed by atoms with Crippen molar-refractivity contribution in [3.05, 3.63) is 24.0 Å². The lowest BCUT2D eigenvalue weighted by molar-refractivity contribution is 0.421. The van der Waals surface area contributed by atoms with Gasteiger partial charge in [0.05, 0.1) is 10.9 Å². The van der Waals surface area contributed by atoms with Crippen LogP contribution in [-0.4, -0.2) is 21.0 Å². The van der Waals surface area contributed by atoms with Gasteiger partial charge in [0.2, 0.25) is 0 Å². The second-order valence-corrected chi connectivity index (χ2v) is 5.54. The molecule has 18 heavy (non-hydrogen) atoms. The summed E-state index contributed by atoms with van der Waals surface area (Å²) < 4.78 is 5.23. The van der Waals surface area contributed by atoms with Gasteiger partial charge in [-0.05, 0) is 36.8 Å². The lowest BCUT2D eigenvalue weighted by Gasteiger charge is -2.00. The van der Waals surface area contributed by atoms with Gasteiger partial charge in [-0.2, -0.15) is 16.7 Å². The van der Waals surface area contributed by atoms with E-state index in [1.165, 1.54) is 12.5 Å². The van der Waals surface area contributed by atoms with Crippen molar-refractivity contribution in [2.45, 2.75) is 18.1 Å². The molecule has 1 atom stereocenters. The maximum atomic E-state index is 9.56. The number of phenolic OH excluding ortho intramolecular Hbond substituents is 1. The third-order valence-electron chi connectivity index (χ3n) is 2.94. The maximum absolute atomic E-state index is 9.56. The number of nitrogens with two attached hydrogens (primary N) is 1. The van der Waals surface area contributed by atoms with Crippen molar-refractivity contribution in [3.8, 4) is 17.2 Å². The van der Waals surface area contributed by atoms with E-state index in [4.69, 9.17) is 10.3 Å². The van der Waals surface area contributed by atoms with Crippen LogP contribution in [0.2, 0.25) is 0 Å². The topological polar surface area (TPSA) is 85.2 Å². The molecule has 6 heteroatoms. The highest BCUT2D eigenvalue weighted by molar-refractivity contribution is 7.99. The number of nitrogens with zero attached hydrogens (tertiary/aromatic N) is 2. The van der Waals surface area contributed by atoms with Gasteiger partial charge >= 0.3 is 0 Å². The van der Waals surface area contributed by atoms with Crippen molar-refractivity contribution in [1.29, 1.82) is 0 Å². The van der Waals surface area contributed by atoms with E-state index in [-0.39, 0.29) is 5.75 Å². The van der Waals surface area contributed by atoms with Crippen molar-refractivity contribution in [1.82, 2.24) is 10.1 Å². The average Bonchev–Trinajstić information content (AvgIpc) is 3.01. The molecule has 2 heterocycles. The second-order valence-electron chi connectivity index (χ2n) is 4.23. The van der Waals surface area contributed by atoms with Crippen molar-refractivity contribution >= 4 is 17.4 Å². The molecule has 1 aromatic carbocycles. The summed E-state index contributed by atoms with van der Waals surface area (Å²) in [6, 6.07) is 4.92. The van der Waals surface area contributed by atoms with Gasteiger partial charge in [0.25, 0.3) is 5.89 Å². The molecule has 94 valence electrons. The SMILES string of the molecule is Nc1ccc(-c2nc(C3CCCS3)no2)cc1O. The predicted molar refractivity (Wildman–Crippen MR) is 70.2 cm³/mol. The monoisotopic (exact) mass is 263 g/mol. The fourth-order valence-corrected chi connectivity index (χ4v) is 3.14. The fraction of sp³-hybridized carbons (Fsp3) is 0.333. The molecule has 1 fully saturated rings. The predicted octanol–water partition coefficient (Wildman–Crippen LogP) is 2.59. The van der Waals surface area contributed by atoms with Crippen LogP contribution < -0.4 is 5.73 Å². The number of aromatic nitrogens is 2. The zero-order chi connectivity index (χ0) is 12.5. The van der Waals surface area contributed by atoms with E-state index >= 15 is 0 Å². The summed E-state index contributed by atoms with van der Waals surface area (Å²) in [5.41, 5.74) is 6.57. The van der Waals surface area contributed by atoms with Crippen molar-refractivity contribution in [3.63, 3.8) is 0 Å². The van der Waals surface area contributed by atoms with Gasteiger partial charge in [0.1, 0.15) is 5.75 Å². The number of hydrogen-bond acceptors (Lipinski definition) is 6. The number of anilines is 1. The maximum Gasteiger partial charge on any atom is 0.258 e. The summed E-state index contributed by atoms with van der Waals surface area (Å²) in [4.78, 5) is 4.38. The van der Waals surface area contributed by atoms with E-state index in [0.717, 1.165) is 18.0 Å². The first kappa shape index (κ1) is 11.4. The van der Waals surface area contributed by atoms with Crippen LogP contribution in [0.3, 0.4) is 0 Å². The summed E-state index contributed by atoms with van der Waals surface area (Å²) in [6.07, 6.45) is 2.29. The van der Waals surface area contributed by atoms with Crippen LogP contribution in [0.1, 0.15) is 23.9 Å². The highest BCUT2D eigenvalue weighted by Crippen LogP contribution is 2.39. The number of rotatable bonds is 2. The number of benzene rings is 1. The van der Waals surface area contributed by atoms with E-state index in [9.17, 15) is 5.11 Å². The van der Waals surface area contributed by atoms with E-state index in [0.29, 0.717) is 22.4 Å². The Balaban J connectivity index is 1.89. The number of aromatic hydroxyl groups is 1. The highest BCUT2D eigenvalue weighted by Gasteiger charge is 2.23. The quantitative estimate of drug-likeness (QED) is 0.640. The molecule has 0 bridgehead atoms. The van der Waals surface area contributed by atoms with Crippen LogP contribution >= 0.6 is 11.8 Å². The Labute approximate surface area is 108 Å². The number of nitrogen functional groups attached to an aromatic ring is 1. The number of hydrogen-bond donors (Lipinski definition) is 2. The van der Waals surface area contributed by atoms with Crippen LogP contribution in [0.5, 0.6) is 5.75 Å². The van der Waals surface area contributed by atoms with Crippen molar-refractivity contribution < 1.29 is 9.63 Å². The van der Waals surface area contributed by atoms with Gasteiger partial charge in [-0.3, -0.25) is 0 Å². The second kappa shape index (κ2) is 4.53. The largest absolute Gasteiger partial charge is 0.506 e. The molecule has 0 amide bonds. The van der Waals surface area contributed by atoms with Crippen LogP contribution in [0.15, 0.2) is 22.7 Å². The lowest BCUT2D eigenvalue weighted by Crippen LogP contribution is -1.91. The minimum atomic E-state index is 0.0301. The van der Waals surface area contributed by atoms with Crippen molar-refractivity contribution in [2.24, 2.45) is 0 Å². The molecule has 2 aromatic rings. The number of phenols is 1. The van der Waals surface area contributed by atoms with E-state index < -0.39 is 0 Å². The van der Waals surface area contributed by atoms with Gasteiger partial charge in [-0.1, -0.05) is 5.16 Å². The molecule has 0 radical (unpaired) electrons. The normalized spacial score (nSPS) is 19.2. The summed E-state index contributed by atoms with van der Waals surface area (Å²) in [5.74, 6) is 2.34. The smallest absolute Gasteiger partial charge is 0.258 e. The molecule has 5 nitrogen and oxygen atoms in total. The van der Waals surface area contributed by atoms with Crippen molar-refractivity contribution in [2.75, 3.05) is 11.5 Å². The van der Waals surface area contributed by atoms with Crippen LogP contribution in [-0.2, 0) is 0 Å². The molecule has 1 unspecified atom stereocenters. The number of thioether (sulfide) groups is 1. The average molecular weight is 263 g/mol. The molecular formula is C12H13N3O2S. The van der Waals surface area contributed by atoms with Gasteiger partial charge in [-0.25, -0.2) is 0 Å². The molecule has 1 aliphatic rings. The van der Waals surface area contributed by atoms with Crippen LogP contribution in [0.25, 0.3) is 11.5 Å². The fourth-order valence-electron chi connectivity index (χ4n) is 1.94. The summed E-state index contributed by atoms with van der Waals surface area (Å²) in [5, 5.41) is 13.9. The molecule has 1 saturated heterocycles. The Morgan fingerprint density at radius 1 is 1.44 bits per heavy atom.